The van der Waals surface area contributed by atoms with Gasteiger partial charge in [0.15, 0.2) is 0 Å². The van der Waals surface area contributed by atoms with Crippen LogP contribution in [0.5, 0.6) is 0 Å². The van der Waals surface area contributed by atoms with Crippen LogP contribution >= 0.6 is 0 Å². The van der Waals surface area contributed by atoms with Crippen molar-refractivity contribution in [3.05, 3.63) is 0 Å². The smallest absolute Gasteiger partial charge is 0.264 e. The molecule has 0 bridgehead atoms. The molecule has 0 heterocycles. The predicted molar refractivity (Wildman–Crippen MR) is 50.8 cm³/mol. The van der Waals surface area contributed by atoms with Gasteiger partial charge in [-0.05, 0) is 13.3 Å². The Kier molecular flexibility index (Phi) is 4.99. The van der Waals surface area contributed by atoms with Crippen LogP contribution in [0.3, 0.4) is 0 Å². The quantitative estimate of drug-likeness (QED) is 0.599. The molecule has 0 N–H and O–H groups in total. The fraction of sp³-hybridized carbons (Fsp3) is 1.00. The zero-order valence-electron chi connectivity index (χ0n) is 8.26. The predicted octanol–water partition coefficient (Wildman–Crippen LogP) is -0.283. The monoisotopic (exact) mass is 246 g/mol. The Morgan fingerprint density at radius 1 is 1.07 bits per heavy atom. The van der Waals surface area contributed by atoms with E-state index in [0.717, 1.165) is 12.5 Å². The molecule has 8 heteroatoms. The van der Waals surface area contributed by atoms with Gasteiger partial charge in [0.05, 0.1) is 25.2 Å². The lowest BCUT2D eigenvalue weighted by Gasteiger charge is -2.09. The Hall–Kier alpha value is -0.180. The fourth-order valence-electron chi connectivity index (χ4n) is 0.712. The second kappa shape index (κ2) is 5.06. The number of hydrogen-bond donors (Lipinski definition) is 0. The van der Waals surface area contributed by atoms with Gasteiger partial charge in [-0.3, -0.25) is 8.37 Å². The molecule has 0 aromatic carbocycles. The van der Waals surface area contributed by atoms with Crippen molar-refractivity contribution in [3.63, 3.8) is 0 Å². The minimum Gasteiger partial charge on any atom is -0.270 e. The van der Waals surface area contributed by atoms with Gasteiger partial charge in [0, 0.05) is 0 Å². The van der Waals surface area contributed by atoms with Gasteiger partial charge in [-0.2, -0.15) is 16.8 Å². The van der Waals surface area contributed by atoms with Crippen LogP contribution in [0, 0.1) is 0 Å². The Bertz CT molecular complexity index is 354. The molecule has 14 heavy (non-hydrogen) atoms. The summed E-state index contributed by atoms with van der Waals surface area (Å²) in [4.78, 5) is 0. The normalized spacial score (nSPS) is 15.4. The van der Waals surface area contributed by atoms with Crippen molar-refractivity contribution in [3.8, 4) is 0 Å². The molecule has 0 aliphatic carbocycles. The Balaban J connectivity index is 3.82. The van der Waals surface area contributed by atoms with Crippen LogP contribution in [0.1, 0.15) is 13.3 Å². The van der Waals surface area contributed by atoms with Crippen molar-refractivity contribution in [2.45, 2.75) is 19.4 Å². The minimum atomic E-state index is -3.49. The third-order valence-corrected chi connectivity index (χ3v) is 2.43. The number of hydrogen-bond acceptors (Lipinski definition) is 6. The molecule has 1 atom stereocenters. The Morgan fingerprint density at radius 3 is 1.93 bits per heavy atom. The summed E-state index contributed by atoms with van der Waals surface area (Å²) in [7, 11) is -6.96. The summed E-state index contributed by atoms with van der Waals surface area (Å²) in [6, 6.07) is 0. The van der Waals surface area contributed by atoms with Crippen molar-refractivity contribution < 1.29 is 25.2 Å². The first kappa shape index (κ1) is 13.8. The molecule has 0 radical (unpaired) electrons. The van der Waals surface area contributed by atoms with E-state index in [1.165, 1.54) is 6.92 Å². The first-order chi connectivity index (χ1) is 6.10. The molecule has 0 spiro atoms. The fourth-order valence-corrected chi connectivity index (χ4v) is 1.80. The van der Waals surface area contributed by atoms with Gasteiger partial charge in [0.2, 0.25) is 0 Å². The molecule has 0 rings (SSSR count). The summed E-state index contributed by atoms with van der Waals surface area (Å²) in [5.41, 5.74) is 0. The molecule has 0 saturated carbocycles. The van der Waals surface area contributed by atoms with Gasteiger partial charge in [0.1, 0.15) is 0 Å². The average molecular weight is 246 g/mol. The summed E-state index contributed by atoms with van der Waals surface area (Å²) in [6.45, 7) is 1.43. The average Bonchev–Trinajstić information content (AvgIpc) is 1.78. The van der Waals surface area contributed by atoms with E-state index in [4.69, 9.17) is 0 Å². The lowest BCUT2D eigenvalue weighted by atomic mass is 10.3. The molecule has 0 aliphatic heterocycles. The highest BCUT2D eigenvalue weighted by atomic mass is 32.2. The van der Waals surface area contributed by atoms with Gasteiger partial charge in [-0.1, -0.05) is 0 Å². The third-order valence-electron chi connectivity index (χ3n) is 1.16. The van der Waals surface area contributed by atoms with Gasteiger partial charge in [0.25, 0.3) is 20.2 Å². The summed E-state index contributed by atoms with van der Waals surface area (Å²) < 4.78 is 51.2. The van der Waals surface area contributed by atoms with Crippen molar-refractivity contribution in [1.82, 2.24) is 0 Å². The molecule has 0 unspecified atom stereocenters. The van der Waals surface area contributed by atoms with Gasteiger partial charge in [-0.15, -0.1) is 0 Å². The summed E-state index contributed by atoms with van der Waals surface area (Å²) in [5.74, 6) is 0. The highest BCUT2D eigenvalue weighted by Crippen LogP contribution is 2.02. The van der Waals surface area contributed by atoms with Crippen LogP contribution < -0.4 is 0 Å². The van der Waals surface area contributed by atoms with E-state index in [-0.39, 0.29) is 13.0 Å². The molecule has 0 aliphatic rings. The lowest BCUT2D eigenvalue weighted by Crippen LogP contribution is -2.17. The van der Waals surface area contributed by atoms with Crippen LogP contribution in [-0.4, -0.2) is 42.1 Å². The third kappa shape index (κ3) is 9.90. The first-order valence-electron chi connectivity index (χ1n) is 3.83. The highest BCUT2D eigenvalue weighted by Gasteiger charge is 2.11. The van der Waals surface area contributed by atoms with Crippen LogP contribution in [0.2, 0.25) is 0 Å². The molecule has 0 amide bonds. The van der Waals surface area contributed by atoms with Crippen molar-refractivity contribution in [2.75, 3.05) is 19.1 Å². The highest BCUT2D eigenvalue weighted by molar-refractivity contribution is 7.86. The molecule has 0 saturated heterocycles. The Morgan fingerprint density at radius 2 is 1.57 bits per heavy atom. The SMILES string of the molecule is C[C@H](CCOS(C)(=O)=O)OS(C)(=O)=O. The van der Waals surface area contributed by atoms with E-state index in [9.17, 15) is 16.8 Å². The lowest BCUT2D eigenvalue weighted by molar-refractivity contribution is 0.187. The zero-order chi connectivity index (χ0) is 11.4. The molecular formula is C6H14O6S2. The number of rotatable bonds is 6. The molecule has 0 fully saturated rings. The molecular weight excluding hydrogens is 232 g/mol. The van der Waals surface area contributed by atoms with E-state index in [1.54, 1.807) is 0 Å². The molecule has 6 nitrogen and oxygen atoms in total. The van der Waals surface area contributed by atoms with Crippen LogP contribution in [0.25, 0.3) is 0 Å². The Labute approximate surface area is 84.5 Å². The van der Waals surface area contributed by atoms with Gasteiger partial charge >= 0.3 is 0 Å². The van der Waals surface area contributed by atoms with Gasteiger partial charge in [-0.25, -0.2) is 0 Å². The van der Waals surface area contributed by atoms with Crippen molar-refractivity contribution in [1.29, 1.82) is 0 Å². The summed E-state index contributed by atoms with van der Waals surface area (Å²) in [5, 5.41) is 0. The minimum absolute atomic E-state index is 0.0878. The second-order valence-corrected chi connectivity index (χ2v) is 6.17. The van der Waals surface area contributed by atoms with E-state index in [0.29, 0.717) is 0 Å². The van der Waals surface area contributed by atoms with E-state index in [2.05, 4.69) is 8.37 Å². The van der Waals surface area contributed by atoms with Gasteiger partial charge < -0.3 is 0 Å². The standard InChI is InChI=1S/C6H14O6S2/c1-6(12-14(3,9)10)4-5-11-13(2,7)8/h6H,4-5H2,1-3H3/t6-/m1/s1. The van der Waals surface area contributed by atoms with Crippen molar-refractivity contribution >= 4 is 20.2 Å². The maximum Gasteiger partial charge on any atom is 0.264 e. The zero-order valence-corrected chi connectivity index (χ0v) is 9.89. The maximum atomic E-state index is 10.6. The van der Waals surface area contributed by atoms with E-state index >= 15 is 0 Å². The summed E-state index contributed by atoms with van der Waals surface area (Å²) >= 11 is 0. The molecule has 0 aromatic heterocycles. The van der Waals surface area contributed by atoms with E-state index in [1.807, 2.05) is 0 Å². The molecule has 0 aromatic rings. The largest absolute Gasteiger partial charge is 0.270 e. The van der Waals surface area contributed by atoms with E-state index < -0.39 is 26.3 Å². The topological polar surface area (TPSA) is 86.7 Å². The summed E-state index contributed by atoms with van der Waals surface area (Å²) in [6.07, 6.45) is 1.46. The second-order valence-electron chi connectivity index (χ2n) is 2.93. The van der Waals surface area contributed by atoms with Crippen molar-refractivity contribution in [2.24, 2.45) is 0 Å². The molecule has 86 valence electrons. The van der Waals surface area contributed by atoms with Crippen LogP contribution in [-0.2, 0) is 28.6 Å². The first-order valence-corrected chi connectivity index (χ1v) is 7.46. The van der Waals surface area contributed by atoms with Crippen LogP contribution in [0.4, 0.5) is 0 Å². The van der Waals surface area contributed by atoms with Crippen LogP contribution in [0.15, 0.2) is 0 Å². The maximum absolute atomic E-state index is 10.6.